The Morgan fingerprint density at radius 1 is 1.08 bits per heavy atom. The van der Waals surface area contributed by atoms with E-state index in [4.69, 9.17) is 14.2 Å². The molecule has 3 unspecified atom stereocenters. The smallest absolute Gasteiger partial charge is 0.411 e. The number of nitrogens with zero attached hydrogens (tertiary/aromatic N) is 2. The minimum atomic E-state index is -0.721. The molecule has 0 spiro atoms. The molecule has 6 rings (SSSR count). The number of ether oxygens (including phenoxy) is 3. The molecule has 8 nitrogen and oxygen atoms in total. The van der Waals surface area contributed by atoms with Crippen molar-refractivity contribution in [2.45, 2.75) is 70.9 Å². The summed E-state index contributed by atoms with van der Waals surface area (Å²) in [5.41, 5.74) is 2.71. The predicted octanol–water partition coefficient (Wildman–Crippen LogP) is 6.50. The summed E-state index contributed by atoms with van der Waals surface area (Å²) >= 11 is 3.54. The zero-order valence-corrected chi connectivity index (χ0v) is 24.0. The van der Waals surface area contributed by atoms with Crippen LogP contribution in [-0.4, -0.2) is 51.6 Å². The van der Waals surface area contributed by atoms with Crippen LogP contribution >= 0.6 is 15.9 Å². The van der Waals surface area contributed by atoms with Crippen molar-refractivity contribution in [3.8, 4) is 17.0 Å². The number of hydrogen-bond acceptors (Lipinski definition) is 6. The molecule has 2 aliphatic heterocycles. The normalized spacial score (nSPS) is 23.3. The van der Waals surface area contributed by atoms with Crippen LogP contribution in [0.3, 0.4) is 0 Å². The van der Waals surface area contributed by atoms with Crippen LogP contribution in [0.4, 0.5) is 4.79 Å². The number of carbonyl (C=O) groups is 3. The number of carbonyl (C=O) groups excluding carboxylic acids is 3. The van der Waals surface area contributed by atoms with Crippen LogP contribution in [0.1, 0.15) is 63.5 Å². The number of Topliss-reactive ketones (excluding diaryl/α,β-unsaturated/α-hetero) is 1. The second kappa shape index (κ2) is 9.40. The summed E-state index contributed by atoms with van der Waals surface area (Å²) in [6, 6.07) is 12.8. The molecule has 9 heteroatoms. The maximum Gasteiger partial charge on any atom is 0.411 e. The van der Waals surface area contributed by atoms with Gasteiger partial charge in [0.2, 0.25) is 0 Å². The number of likely N-dealkylation sites (tertiary alicyclic amines) is 1. The molecule has 1 saturated carbocycles. The summed E-state index contributed by atoms with van der Waals surface area (Å²) in [5.74, 6) is -0.251. The third-order valence-electron chi connectivity index (χ3n) is 7.82. The first-order valence-electron chi connectivity index (χ1n) is 13.3. The van der Waals surface area contributed by atoms with E-state index >= 15 is 0 Å². The second-order valence-electron chi connectivity index (χ2n) is 11.6. The van der Waals surface area contributed by atoms with Gasteiger partial charge < -0.3 is 18.8 Å². The lowest BCUT2D eigenvalue weighted by Gasteiger charge is -2.35. The van der Waals surface area contributed by atoms with E-state index in [0.717, 1.165) is 45.9 Å². The maximum absolute atomic E-state index is 13.1. The maximum atomic E-state index is 13.1. The molecule has 2 fully saturated rings. The Labute approximate surface area is 235 Å². The van der Waals surface area contributed by atoms with Crippen molar-refractivity contribution in [2.75, 3.05) is 6.61 Å². The average molecular weight is 595 g/mol. The molecule has 1 aliphatic carbocycles. The summed E-state index contributed by atoms with van der Waals surface area (Å²) < 4.78 is 20.4. The molecule has 1 amide bonds. The van der Waals surface area contributed by atoms with E-state index in [1.54, 1.807) is 32.9 Å². The topological polar surface area (TPSA) is 87.1 Å². The first kappa shape index (κ1) is 25.9. The second-order valence-corrected chi connectivity index (χ2v) is 12.5. The molecular weight excluding hydrogens is 564 g/mol. The fourth-order valence-electron chi connectivity index (χ4n) is 6.22. The summed E-state index contributed by atoms with van der Waals surface area (Å²) in [5, 5.41) is 1.09. The fraction of sp³-hybridized carbons (Fsp3) is 0.433. The van der Waals surface area contributed by atoms with Gasteiger partial charge in [0.25, 0.3) is 0 Å². The minimum Gasteiger partial charge on any atom is -0.470 e. The molecule has 3 aliphatic rings. The lowest BCUT2D eigenvalue weighted by atomic mass is 9.99. The van der Waals surface area contributed by atoms with E-state index in [-0.39, 0.29) is 24.0 Å². The highest BCUT2D eigenvalue weighted by Gasteiger charge is 2.53. The van der Waals surface area contributed by atoms with Crippen LogP contribution in [0.5, 0.6) is 5.75 Å². The van der Waals surface area contributed by atoms with Gasteiger partial charge in [-0.1, -0.05) is 22.0 Å². The minimum absolute atomic E-state index is 0.0242. The van der Waals surface area contributed by atoms with E-state index in [2.05, 4.69) is 38.7 Å². The van der Waals surface area contributed by atoms with Crippen molar-refractivity contribution in [1.82, 2.24) is 9.47 Å². The number of ketones is 1. The molecular formula is C30H31BrN2O6. The molecule has 0 radical (unpaired) electrons. The van der Waals surface area contributed by atoms with Crippen molar-refractivity contribution in [3.05, 3.63) is 52.5 Å². The number of piperidine rings is 1. The SMILES string of the molecule is CC1Oc2cc(C(=O)COC(=O)C3[C@H]4CCC(C4)N3C(=O)OC(C)(C)C)ccc2-c2cc3cc(Br)ccc3n21. The van der Waals surface area contributed by atoms with E-state index in [0.29, 0.717) is 11.3 Å². The Hall–Kier alpha value is -3.33. The Balaban J connectivity index is 1.18. The molecule has 0 N–H and O–H groups in total. The van der Waals surface area contributed by atoms with E-state index in [9.17, 15) is 14.4 Å². The molecule has 3 aromatic rings. The van der Waals surface area contributed by atoms with E-state index < -0.39 is 30.3 Å². The molecule has 2 bridgehead atoms. The number of amides is 1. The Morgan fingerprint density at radius 2 is 1.87 bits per heavy atom. The number of esters is 1. The number of halogens is 1. The zero-order chi connectivity index (χ0) is 27.6. The van der Waals surface area contributed by atoms with Crippen LogP contribution < -0.4 is 4.74 Å². The van der Waals surface area contributed by atoms with Gasteiger partial charge in [-0.3, -0.25) is 9.69 Å². The Kier molecular flexibility index (Phi) is 6.25. The monoisotopic (exact) mass is 594 g/mol. The first-order chi connectivity index (χ1) is 18.5. The number of fused-ring (bicyclic) bond motifs is 7. The van der Waals surface area contributed by atoms with Gasteiger partial charge in [0.05, 0.1) is 11.2 Å². The fourth-order valence-corrected chi connectivity index (χ4v) is 6.60. The third kappa shape index (κ3) is 4.60. The molecule has 1 saturated heterocycles. The Bertz CT molecular complexity index is 1510. The number of aromatic nitrogens is 1. The van der Waals surface area contributed by atoms with E-state index in [1.807, 2.05) is 19.1 Å². The van der Waals surface area contributed by atoms with Crippen LogP contribution in [0, 0.1) is 5.92 Å². The summed E-state index contributed by atoms with van der Waals surface area (Å²) in [4.78, 5) is 40.6. The molecule has 3 heterocycles. The standard InChI is InChI=1S/C30H31BrN2O6/c1-16-32-23-10-7-20(31)11-19(23)13-24(32)22-9-6-17(14-26(22)38-16)25(34)15-37-28(35)27-18-5-8-21(12-18)33(27)29(36)39-30(2,3)4/h6-7,9-11,13-14,16,18,21,27H,5,8,12,15H2,1-4H3/t16?,18-,21?,27?/m0/s1. The highest BCUT2D eigenvalue weighted by atomic mass is 79.9. The number of benzene rings is 2. The molecule has 4 atom stereocenters. The van der Waals surface area contributed by atoms with Crippen molar-refractivity contribution < 1.29 is 28.6 Å². The average Bonchev–Trinajstić information content (AvgIpc) is 3.58. The van der Waals surface area contributed by atoms with Gasteiger partial charge in [-0.25, -0.2) is 9.59 Å². The lowest BCUT2D eigenvalue weighted by Crippen LogP contribution is -2.51. The van der Waals surface area contributed by atoms with Gasteiger partial charge in [0.15, 0.2) is 18.6 Å². The van der Waals surface area contributed by atoms with Crippen molar-refractivity contribution in [2.24, 2.45) is 5.92 Å². The van der Waals surface area contributed by atoms with Gasteiger partial charge in [-0.05, 0) is 89.3 Å². The predicted molar refractivity (Wildman–Crippen MR) is 149 cm³/mol. The van der Waals surface area contributed by atoms with Gasteiger partial charge >= 0.3 is 12.1 Å². The summed E-state index contributed by atoms with van der Waals surface area (Å²) in [7, 11) is 0. The highest BCUT2D eigenvalue weighted by molar-refractivity contribution is 9.10. The Morgan fingerprint density at radius 3 is 2.64 bits per heavy atom. The van der Waals surface area contributed by atoms with E-state index in [1.165, 1.54) is 4.90 Å². The van der Waals surface area contributed by atoms with Crippen LogP contribution in [0.25, 0.3) is 22.2 Å². The quantitative estimate of drug-likeness (QED) is 0.253. The van der Waals surface area contributed by atoms with Crippen LogP contribution in [0.2, 0.25) is 0 Å². The van der Waals surface area contributed by atoms with Gasteiger partial charge in [-0.15, -0.1) is 0 Å². The third-order valence-corrected chi connectivity index (χ3v) is 8.31. The number of hydrogen-bond donors (Lipinski definition) is 0. The molecule has 1 aromatic heterocycles. The molecule has 204 valence electrons. The molecule has 2 aromatic carbocycles. The van der Waals surface area contributed by atoms with Crippen molar-refractivity contribution in [3.63, 3.8) is 0 Å². The summed E-state index contributed by atoms with van der Waals surface area (Å²) in [6.45, 7) is 6.96. The van der Waals surface area contributed by atoms with Gasteiger partial charge in [-0.2, -0.15) is 0 Å². The summed E-state index contributed by atoms with van der Waals surface area (Å²) in [6.07, 6.45) is 1.68. The lowest BCUT2D eigenvalue weighted by molar-refractivity contribution is -0.150. The van der Waals surface area contributed by atoms with Crippen LogP contribution in [0.15, 0.2) is 46.9 Å². The van der Waals surface area contributed by atoms with Gasteiger partial charge in [0, 0.05) is 27.0 Å². The van der Waals surface area contributed by atoms with Crippen molar-refractivity contribution >= 4 is 44.7 Å². The first-order valence-corrected chi connectivity index (χ1v) is 14.1. The zero-order valence-electron chi connectivity index (χ0n) is 22.4. The highest BCUT2D eigenvalue weighted by Crippen LogP contribution is 2.44. The largest absolute Gasteiger partial charge is 0.470 e. The van der Waals surface area contributed by atoms with Gasteiger partial charge in [0.1, 0.15) is 17.4 Å². The van der Waals surface area contributed by atoms with Crippen molar-refractivity contribution in [1.29, 1.82) is 0 Å². The van der Waals surface area contributed by atoms with Crippen LogP contribution in [-0.2, 0) is 14.3 Å². The number of rotatable bonds is 4. The molecule has 39 heavy (non-hydrogen) atoms.